The van der Waals surface area contributed by atoms with Crippen molar-refractivity contribution in [2.45, 2.75) is 51.1 Å². The molecule has 0 bridgehead atoms. The zero-order valence-corrected chi connectivity index (χ0v) is 13.3. The zero-order chi connectivity index (χ0) is 14.8. The van der Waals surface area contributed by atoms with Gasteiger partial charge in [-0.15, -0.1) is 0 Å². The first-order chi connectivity index (χ1) is 9.58. The van der Waals surface area contributed by atoms with E-state index in [1.165, 1.54) is 17.5 Å². The molecule has 2 N–H and O–H groups in total. The Balaban J connectivity index is 2.51. The van der Waals surface area contributed by atoms with Gasteiger partial charge in [0.1, 0.15) is 5.75 Å². The number of likely N-dealkylation sites (N-methyl/N-ethyl adjacent to an activating group) is 1. The van der Waals surface area contributed by atoms with Crippen molar-refractivity contribution in [1.29, 1.82) is 0 Å². The summed E-state index contributed by atoms with van der Waals surface area (Å²) in [5.41, 5.74) is 9.01. The van der Waals surface area contributed by atoms with E-state index in [0.29, 0.717) is 12.6 Å². The highest BCUT2D eigenvalue weighted by atomic mass is 16.5. The molecule has 0 radical (unpaired) electrons. The number of rotatable bonds is 5. The first-order valence-electron chi connectivity index (χ1n) is 7.69. The van der Waals surface area contributed by atoms with Crippen LogP contribution < -0.4 is 10.5 Å². The molecule has 3 nitrogen and oxygen atoms in total. The lowest BCUT2D eigenvalue weighted by Gasteiger charge is -2.48. The van der Waals surface area contributed by atoms with Crippen LogP contribution in [0.25, 0.3) is 0 Å². The molecule has 0 spiro atoms. The number of hydrogen-bond acceptors (Lipinski definition) is 3. The van der Waals surface area contributed by atoms with Crippen molar-refractivity contribution in [3.8, 4) is 5.75 Å². The Hall–Kier alpha value is -1.06. The first kappa shape index (κ1) is 15.3. The highest BCUT2D eigenvalue weighted by Gasteiger charge is 2.40. The third-order valence-corrected chi connectivity index (χ3v) is 5.12. The van der Waals surface area contributed by atoms with Crippen LogP contribution >= 0.6 is 0 Å². The number of hydrogen-bond donors (Lipinski definition) is 1. The summed E-state index contributed by atoms with van der Waals surface area (Å²) in [6, 6.07) is 6.99. The highest BCUT2D eigenvalue weighted by Crippen LogP contribution is 2.41. The molecular weight excluding hydrogens is 248 g/mol. The molecule has 0 saturated carbocycles. The Morgan fingerprint density at radius 1 is 1.45 bits per heavy atom. The van der Waals surface area contributed by atoms with Crippen LogP contribution in [0.5, 0.6) is 5.75 Å². The largest absolute Gasteiger partial charge is 0.497 e. The normalized spacial score (nSPS) is 23.5. The van der Waals surface area contributed by atoms with Crippen molar-refractivity contribution in [3.05, 3.63) is 29.3 Å². The van der Waals surface area contributed by atoms with E-state index in [2.05, 4.69) is 44.0 Å². The van der Waals surface area contributed by atoms with Gasteiger partial charge in [0, 0.05) is 12.6 Å². The molecule has 1 aromatic carbocycles. The van der Waals surface area contributed by atoms with Gasteiger partial charge in [0.05, 0.1) is 12.6 Å². The SMILES string of the molecule is CCC(C)N(C)C1(CN)CCCc2ccc(OC)cc21. The fraction of sp³-hybridized carbons (Fsp3) is 0.647. The molecule has 1 aromatic rings. The monoisotopic (exact) mass is 276 g/mol. The van der Waals surface area contributed by atoms with E-state index in [0.717, 1.165) is 25.0 Å². The van der Waals surface area contributed by atoms with E-state index in [1.807, 2.05) is 0 Å². The predicted molar refractivity (Wildman–Crippen MR) is 84.2 cm³/mol. The van der Waals surface area contributed by atoms with Crippen LogP contribution in [0.15, 0.2) is 18.2 Å². The van der Waals surface area contributed by atoms with Gasteiger partial charge in [0.15, 0.2) is 0 Å². The lowest BCUT2D eigenvalue weighted by Crippen LogP contribution is -2.54. The molecule has 0 amide bonds. The van der Waals surface area contributed by atoms with Crippen molar-refractivity contribution in [3.63, 3.8) is 0 Å². The summed E-state index contributed by atoms with van der Waals surface area (Å²) in [7, 11) is 3.95. The van der Waals surface area contributed by atoms with Crippen molar-refractivity contribution in [1.82, 2.24) is 4.90 Å². The molecule has 2 rings (SSSR count). The molecule has 112 valence electrons. The maximum Gasteiger partial charge on any atom is 0.119 e. The standard InChI is InChI=1S/C17H28N2O/c1-5-13(2)19(3)17(12-18)10-6-7-14-8-9-15(20-4)11-16(14)17/h8-9,11,13H,5-7,10,12,18H2,1-4H3. The fourth-order valence-corrected chi connectivity index (χ4v) is 3.46. The van der Waals surface area contributed by atoms with Crippen LogP contribution in [0.1, 0.15) is 44.2 Å². The summed E-state index contributed by atoms with van der Waals surface area (Å²) in [6.45, 7) is 5.18. The molecule has 0 heterocycles. The van der Waals surface area contributed by atoms with Gasteiger partial charge in [-0.25, -0.2) is 0 Å². The van der Waals surface area contributed by atoms with Gasteiger partial charge in [-0.1, -0.05) is 13.0 Å². The average molecular weight is 276 g/mol. The maximum absolute atomic E-state index is 6.26. The smallest absolute Gasteiger partial charge is 0.119 e. The molecule has 0 fully saturated rings. The third kappa shape index (κ3) is 2.45. The van der Waals surface area contributed by atoms with Crippen molar-refractivity contribution >= 4 is 0 Å². The van der Waals surface area contributed by atoms with Crippen LogP contribution in [0.4, 0.5) is 0 Å². The lowest BCUT2D eigenvalue weighted by molar-refractivity contribution is 0.0635. The molecule has 20 heavy (non-hydrogen) atoms. The first-order valence-corrected chi connectivity index (χ1v) is 7.69. The Morgan fingerprint density at radius 3 is 2.80 bits per heavy atom. The topological polar surface area (TPSA) is 38.5 Å². The molecular formula is C17H28N2O. The molecule has 2 unspecified atom stereocenters. The van der Waals surface area contributed by atoms with Crippen LogP contribution in [0.3, 0.4) is 0 Å². The minimum absolute atomic E-state index is 0.0441. The molecule has 1 aliphatic rings. The number of ether oxygens (including phenoxy) is 1. The molecule has 3 heteroatoms. The molecule has 0 saturated heterocycles. The quantitative estimate of drug-likeness (QED) is 0.898. The van der Waals surface area contributed by atoms with E-state index >= 15 is 0 Å². The second-order valence-corrected chi connectivity index (χ2v) is 5.98. The van der Waals surface area contributed by atoms with E-state index in [-0.39, 0.29) is 5.54 Å². The van der Waals surface area contributed by atoms with Gasteiger partial charge in [0.25, 0.3) is 0 Å². The van der Waals surface area contributed by atoms with Crippen LogP contribution in [0.2, 0.25) is 0 Å². The van der Waals surface area contributed by atoms with Crippen molar-refractivity contribution in [2.24, 2.45) is 5.73 Å². The van der Waals surface area contributed by atoms with Crippen LogP contribution in [-0.4, -0.2) is 31.6 Å². The minimum Gasteiger partial charge on any atom is -0.497 e. The summed E-state index contributed by atoms with van der Waals surface area (Å²) in [4.78, 5) is 2.48. The summed E-state index contributed by atoms with van der Waals surface area (Å²) >= 11 is 0. The lowest BCUT2D eigenvalue weighted by atomic mass is 9.74. The van der Waals surface area contributed by atoms with Crippen molar-refractivity contribution in [2.75, 3.05) is 20.7 Å². The number of methoxy groups -OCH3 is 1. The van der Waals surface area contributed by atoms with Gasteiger partial charge in [0.2, 0.25) is 0 Å². The van der Waals surface area contributed by atoms with E-state index in [1.54, 1.807) is 7.11 Å². The summed E-state index contributed by atoms with van der Waals surface area (Å²) in [5.74, 6) is 0.932. The second kappa shape index (κ2) is 6.15. The summed E-state index contributed by atoms with van der Waals surface area (Å²) < 4.78 is 5.43. The number of benzene rings is 1. The Kier molecular flexibility index (Phi) is 4.71. The third-order valence-electron chi connectivity index (χ3n) is 5.12. The zero-order valence-electron chi connectivity index (χ0n) is 13.3. The van der Waals surface area contributed by atoms with Gasteiger partial charge in [-0.3, -0.25) is 4.90 Å². The Bertz CT molecular complexity index is 460. The second-order valence-electron chi connectivity index (χ2n) is 5.98. The van der Waals surface area contributed by atoms with Gasteiger partial charge in [-0.2, -0.15) is 0 Å². The minimum atomic E-state index is -0.0441. The summed E-state index contributed by atoms with van der Waals surface area (Å²) in [6.07, 6.45) is 4.62. The van der Waals surface area contributed by atoms with Crippen molar-refractivity contribution < 1.29 is 4.74 Å². The van der Waals surface area contributed by atoms with Crippen LogP contribution in [0, 0.1) is 0 Å². The molecule has 1 aliphatic carbocycles. The number of nitrogens with two attached hydrogens (primary N) is 1. The van der Waals surface area contributed by atoms with Gasteiger partial charge < -0.3 is 10.5 Å². The van der Waals surface area contributed by atoms with Gasteiger partial charge >= 0.3 is 0 Å². The Labute approximate surface area is 123 Å². The van der Waals surface area contributed by atoms with E-state index in [9.17, 15) is 0 Å². The molecule has 2 atom stereocenters. The predicted octanol–water partition coefficient (Wildman–Crippen LogP) is 2.92. The number of fused-ring (bicyclic) bond motifs is 1. The summed E-state index contributed by atoms with van der Waals surface area (Å²) in [5, 5.41) is 0. The average Bonchev–Trinajstić information content (AvgIpc) is 2.52. The van der Waals surface area contributed by atoms with Gasteiger partial charge in [-0.05, 0) is 62.9 Å². The fourth-order valence-electron chi connectivity index (χ4n) is 3.46. The molecule has 0 aromatic heterocycles. The number of aryl methyl sites for hydroxylation is 1. The van der Waals surface area contributed by atoms with E-state index < -0.39 is 0 Å². The highest BCUT2D eigenvalue weighted by molar-refractivity contribution is 5.42. The Morgan fingerprint density at radius 2 is 2.20 bits per heavy atom. The maximum atomic E-state index is 6.26. The number of nitrogens with zero attached hydrogens (tertiary/aromatic N) is 1. The van der Waals surface area contributed by atoms with Crippen LogP contribution in [-0.2, 0) is 12.0 Å². The molecule has 0 aliphatic heterocycles. The van der Waals surface area contributed by atoms with E-state index in [4.69, 9.17) is 10.5 Å².